The van der Waals surface area contributed by atoms with E-state index in [2.05, 4.69) is 9.97 Å². The molecular formula is C19H19FN2O3S. The quantitative estimate of drug-likeness (QED) is 0.689. The number of nitrogens with zero attached hydrogens (tertiary/aromatic N) is 1. The van der Waals surface area contributed by atoms with E-state index in [1.807, 2.05) is 13.8 Å². The third-order valence-corrected chi connectivity index (χ3v) is 5.06. The first kappa shape index (κ1) is 18.3. The number of carbonyl (C=O) groups excluding carboxylic acids is 1. The lowest BCUT2D eigenvalue weighted by Crippen LogP contribution is -2.13. The Kier molecular flexibility index (Phi) is 5.18. The first-order valence-corrected chi connectivity index (χ1v) is 9.11. The van der Waals surface area contributed by atoms with Crippen LogP contribution in [0.1, 0.15) is 40.5 Å². The molecule has 0 unspecified atom stereocenters. The number of fused-ring (bicyclic) bond motifs is 1. The first-order chi connectivity index (χ1) is 12.4. The average molecular weight is 374 g/mol. The van der Waals surface area contributed by atoms with Crippen molar-refractivity contribution in [2.45, 2.75) is 27.2 Å². The number of aryl methyl sites for hydroxylation is 1. The van der Waals surface area contributed by atoms with Gasteiger partial charge in [0.15, 0.2) is 0 Å². The molecule has 1 N–H and O–H groups in total. The SMILES string of the molecule is Cc1c(C(=O)OCC(C)C)sc2nc(Cc3ccccc3F)[nH]c(=O)c12. The normalized spacial score (nSPS) is 11.3. The minimum atomic E-state index is -0.450. The van der Waals surface area contributed by atoms with E-state index in [1.165, 1.54) is 6.07 Å². The Morgan fingerprint density at radius 2 is 2.08 bits per heavy atom. The highest BCUT2D eigenvalue weighted by molar-refractivity contribution is 7.20. The van der Waals surface area contributed by atoms with Crippen LogP contribution in [-0.2, 0) is 11.2 Å². The van der Waals surface area contributed by atoms with Gasteiger partial charge in [-0.05, 0) is 30.0 Å². The molecule has 0 spiro atoms. The molecule has 3 rings (SSSR count). The van der Waals surface area contributed by atoms with Gasteiger partial charge in [-0.1, -0.05) is 32.0 Å². The van der Waals surface area contributed by atoms with E-state index in [1.54, 1.807) is 25.1 Å². The number of hydrogen-bond donors (Lipinski definition) is 1. The zero-order chi connectivity index (χ0) is 18.8. The molecule has 0 saturated carbocycles. The van der Waals surface area contributed by atoms with Gasteiger partial charge in [-0.25, -0.2) is 14.2 Å². The minimum absolute atomic E-state index is 0.169. The highest BCUT2D eigenvalue weighted by atomic mass is 32.1. The van der Waals surface area contributed by atoms with Crippen molar-refractivity contribution < 1.29 is 13.9 Å². The van der Waals surface area contributed by atoms with Crippen molar-refractivity contribution in [1.82, 2.24) is 9.97 Å². The molecule has 2 aromatic heterocycles. The Morgan fingerprint density at radius 3 is 2.77 bits per heavy atom. The number of nitrogens with one attached hydrogen (secondary N) is 1. The molecule has 0 fully saturated rings. The molecule has 0 aliphatic carbocycles. The van der Waals surface area contributed by atoms with Crippen molar-refractivity contribution in [3.63, 3.8) is 0 Å². The highest BCUT2D eigenvalue weighted by Crippen LogP contribution is 2.28. The second kappa shape index (κ2) is 7.37. The average Bonchev–Trinajstić information content (AvgIpc) is 2.92. The topological polar surface area (TPSA) is 72.0 Å². The van der Waals surface area contributed by atoms with Gasteiger partial charge in [0.25, 0.3) is 5.56 Å². The van der Waals surface area contributed by atoms with Gasteiger partial charge in [-0.15, -0.1) is 11.3 Å². The maximum Gasteiger partial charge on any atom is 0.348 e. The van der Waals surface area contributed by atoms with Crippen LogP contribution >= 0.6 is 11.3 Å². The zero-order valence-corrected chi connectivity index (χ0v) is 15.6. The van der Waals surface area contributed by atoms with Crippen LogP contribution < -0.4 is 5.56 Å². The van der Waals surface area contributed by atoms with Crippen LogP contribution in [0.3, 0.4) is 0 Å². The molecular weight excluding hydrogens is 355 g/mol. The van der Waals surface area contributed by atoms with Crippen LogP contribution in [0.15, 0.2) is 29.1 Å². The number of rotatable bonds is 5. The van der Waals surface area contributed by atoms with E-state index in [-0.39, 0.29) is 23.7 Å². The lowest BCUT2D eigenvalue weighted by molar-refractivity contribution is 0.0464. The summed E-state index contributed by atoms with van der Waals surface area (Å²) in [6.07, 6.45) is 0.169. The molecule has 0 aliphatic heterocycles. The summed E-state index contributed by atoms with van der Waals surface area (Å²) in [5, 5.41) is 0.379. The molecule has 3 aromatic rings. The maximum absolute atomic E-state index is 13.8. The van der Waals surface area contributed by atoms with Gasteiger partial charge in [-0.3, -0.25) is 4.79 Å². The zero-order valence-electron chi connectivity index (χ0n) is 14.8. The molecule has 0 aliphatic rings. The third-order valence-electron chi connectivity index (χ3n) is 3.90. The fraction of sp³-hybridized carbons (Fsp3) is 0.316. The second-order valence-electron chi connectivity index (χ2n) is 6.51. The van der Waals surface area contributed by atoms with Gasteiger partial charge in [0.05, 0.1) is 12.0 Å². The summed E-state index contributed by atoms with van der Waals surface area (Å²) in [6, 6.07) is 6.35. The second-order valence-corrected chi connectivity index (χ2v) is 7.51. The van der Waals surface area contributed by atoms with Crippen molar-refractivity contribution in [2.75, 3.05) is 6.61 Å². The summed E-state index contributed by atoms with van der Waals surface area (Å²) in [4.78, 5) is 32.7. The van der Waals surface area contributed by atoms with E-state index in [4.69, 9.17) is 4.74 Å². The van der Waals surface area contributed by atoms with Crippen LogP contribution in [-0.4, -0.2) is 22.5 Å². The summed E-state index contributed by atoms with van der Waals surface area (Å²) in [6.45, 7) is 5.92. The number of benzene rings is 1. The van der Waals surface area contributed by atoms with E-state index in [0.717, 1.165) is 11.3 Å². The Hall–Kier alpha value is -2.54. The van der Waals surface area contributed by atoms with Crippen molar-refractivity contribution >= 4 is 27.5 Å². The van der Waals surface area contributed by atoms with Crippen molar-refractivity contribution in [3.05, 3.63) is 62.3 Å². The summed E-state index contributed by atoms with van der Waals surface area (Å²) in [5.74, 6) is -0.219. The van der Waals surface area contributed by atoms with Crippen LogP contribution in [0.25, 0.3) is 10.2 Å². The predicted octanol–water partition coefficient (Wildman–Crippen LogP) is 3.84. The monoisotopic (exact) mass is 374 g/mol. The molecule has 136 valence electrons. The molecule has 0 atom stereocenters. The Bertz CT molecular complexity index is 1020. The van der Waals surface area contributed by atoms with Crippen molar-refractivity contribution in [3.8, 4) is 0 Å². The molecule has 0 bridgehead atoms. The summed E-state index contributed by atoms with van der Waals surface area (Å²) in [7, 11) is 0. The number of carbonyl (C=O) groups is 1. The van der Waals surface area contributed by atoms with Crippen LogP contribution in [0.4, 0.5) is 4.39 Å². The van der Waals surface area contributed by atoms with Crippen LogP contribution in [0.5, 0.6) is 0 Å². The van der Waals surface area contributed by atoms with Crippen LogP contribution in [0, 0.1) is 18.7 Å². The largest absolute Gasteiger partial charge is 0.461 e. The van der Waals surface area contributed by atoms with Gasteiger partial charge in [0, 0.05) is 6.42 Å². The van der Waals surface area contributed by atoms with Gasteiger partial charge in [0.1, 0.15) is 21.3 Å². The van der Waals surface area contributed by atoms with E-state index in [0.29, 0.717) is 38.7 Å². The number of aromatic amines is 1. The third kappa shape index (κ3) is 3.67. The Labute approximate surface area is 153 Å². The summed E-state index contributed by atoms with van der Waals surface area (Å²) in [5.41, 5.74) is 0.669. The van der Waals surface area contributed by atoms with E-state index < -0.39 is 5.97 Å². The molecule has 0 radical (unpaired) electrons. The predicted molar refractivity (Wildman–Crippen MR) is 99.3 cm³/mol. The van der Waals surface area contributed by atoms with Crippen molar-refractivity contribution in [1.29, 1.82) is 0 Å². The molecule has 1 aromatic carbocycles. The van der Waals surface area contributed by atoms with Gasteiger partial charge >= 0.3 is 5.97 Å². The lowest BCUT2D eigenvalue weighted by Gasteiger charge is -2.05. The molecule has 2 heterocycles. The molecule has 5 nitrogen and oxygen atoms in total. The number of esters is 1. The molecule has 0 amide bonds. The lowest BCUT2D eigenvalue weighted by atomic mass is 10.1. The number of aromatic nitrogens is 2. The smallest absolute Gasteiger partial charge is 0.348 e. The summed E-state index contributed by atoms with van der Waals surface area (Å²) >= 11 is 1.13. The highest BCUT2D eigenvalue weighted by Gasteiger charge is 2.21. The molecule has 7 heteroatoms. The van der Waals surface area contributed by atoms with Gasteiger partial charge in [-0.2, -0.15) is 0 Å². The number of H-pyrrole nitrogens is 1. The standard InChI is InChI=1S/C19H19FN2O3S/c1-10(2)9-25-19(24)16-11(3)15-17(23)21-14(22-18(15)26-16)8-12-6-4-5-7-13(12)20/h4-7,10H,8-9H2,1-3H3,(H,21,22,23). The fourth-order valence-electron chi connectivity index (χ4n) is 2.60. The summed E-state index contributed by atoms with van der Waals surface area (Å²) < 4.78 is 19.1. The maximum atomic E-state index is 13.8. The number of halogens is 1. The Balaban J connectivity index is 1.97. The number of ether oxygens (including phenoxy) is 1. The number of hydrogen-bond acceptors (Lipinski definition) is 5. The first-order valence-electron chi connectivity index (χ1n) is 8.29. The number of thiophene rings is 1. The van der Waals surface area contributed by atoms with E-state index in [9.17, 15) is 14.0 Å². The van der Waals surface area contributed by atoms with Crippen molar-refractivity contribution in [2.24, 2.45) is 5.92 Å². The minimum Gasteiger partial charge on any atom is -0.461 e. The Morgan fingerprint density at radius 1 is 1.35 bits per heavy atom. The fourth-order valence-corrected chi connectivity index (χ4v) is 3.69. The van der Waals surface area contributed by atoms with Crippen LogP contribution in [0.2, 0.25) is 0 Å². The molecule has 26 heavy (non-hydrogen) atoms. The van der Waals surface area contributed by atoms with Gasteiger partial charge in [0.2, 0.25) is 0 Å². The van der Waals surface area contributed by atoms with E-state index >= 15 is 0 Å². The van der Waals surface area contributed by atoms with Gasteiger partial charge < -0.3 is 9.72 Å². The molecule has 0 saturated heterocycles.